The molecule has 9 heteroatoms. The minimum Gasteiger partial charge on any atom is -0.319 e. The predicted molar refractivity (Wildman–Crippen MR) is 91.7 cm³/mol. The van der Waals surface area contributed by atoms with Gasteiger partial charge in [0.15, 0.2) is 0 Å². The van der Waals surface area contributed by atoms with Crippen LogP contribution in [-0.4, -0.2) is 10.8 Å². The number of non-ortho nitro benzene ring substituents is 1. The van der Waals surface area contributed by atoms with E-state index in [1.54, 1.807) is 6.07 Å². The first-order valence-corrected chi connectivity index (χ1v) is 7.39. The van der Waals surface area contributed by atoms with E-state index >= 15 is 0 Å². The molecule has 0 aliphatic heterocycles. The summed E-state index contributed by atoms with van der Waals surface area (Å²) in [5.74, 6) is -1.81. The van der Waals surface area contributed by atoms with E-state index in [4.69, 9.17) is 28.5 Å². The van der Waals surface area contributed by atoms with Gasteiger partial charge in [-0.05, 0) is 29.8 Å². The Morgan fingerprint density at radius 1 is 1.28 bits per heavy atom. The summed E-state index contributed by atoms with van der Waals surface area (Å²) >= 11 is 11.7. The average molecular weight is 380 g/mol. The number of hydrogen-bond acceptors (Lipinski definition) is 4. The van der Waals surface area contributed by atoms with Gasteiger partial charge in [-0.3, -0.25) is 14.9 Å². The molecule has 0 aliphatic carbocycles. The summed E-state index contributed by atoms with van der Waals surface area (Å²) < 4.78 is 13.7. The third kappa shape index (κ3) is 4.53. The van der Waals surface area contributed by atoms with Gasteiger partial charge in [-0.15, -0.1) is 0 Å². The normalized spacial score (nSPS) is 10.9. The smallest absolute Gasteiger partial charge is 0.271 e. The van der Waals surface area contributed by atoms with Gasteiger partial charge in [-0.2, -0.15) is 5.26 Å². The molecule has 1 N–H and O–H groups in total. The van der Waals surface area contributed by atoms with E-state index in [1.807, 2.05) is 0 Å². The zero-order chi connectivity index (χ0) is 18.6. The highest BCUT2D eigenvalue weighted by atomic mass is 35.5. The Balaban J connectivity index is 2.32. The quantitative estimate of drug-likeness (QED) is 0.363. The molecule has 0 aliphatic rings. The maximum atomic E-state index is 13.7. The molecule has 0 bridgehead atoms. The Bertz CT molecular complexity index is 939. The van der Waals surface area contributed by atoms with Crippen LogP contribution in [0.3, 0.4) is 0 Å². The number of nitrogens with zero attached hydrogens (tertiary/aromatic N) is 2. The molecule has 0 saturated carbocycles. The molecule has 0 fully saturated rings. The van der Waals surface area contributed by atoms with Crippen LogP contribution in [0.5, 0.6) is 0 Å². The van der Waals surface area contributed by atoms with Gasteiger partial charge in [-0.1, -0.05) is 29.3 Å². The molecule has 0 radical (unpaired) electrons. The van der Waals surface area contributed by atoms with Crippen LogP contribution in [0, 0.1) is 27.3 Å². The van der Waals surface area contributed by atoms with Crippen molar-refractivity contribution >= 4 is 46.6 Å². The maximum Gasteiger partial charge on any atom is 0.271 e. The molecule has 25 heavy (non-hydrogen) atoms. The zero-order valence-corrected chi connectivity index (χ0v) is 13.8. The highest BCUT2D eigenvalue weighted by Gasteiger charge is 2.16. The first kappa shape index (κ1) is 18.4. The number of nitro groups is 1. The van der Waals surface area contributed by atoms with Crippen molar-refractivity contribution in [2.45, 2.75) is 0 Å². The van der Waals surface area contributed by atoms with Gasteiger partial charge in [-0.25, -0.2) is 4.39 Å². The summed E-state index contributed by atoms with van der Waals surface area (Å²) in [6.07, 6.45) is 1.20. The van der Waals surface area contributed by atoms with Crippen LogP contribution >= 0.6 is 23.2 Å². The van der Waals surface area contributed by atoms with Gasteiger partial charge in [0.05, 0.1) is 10.6 Å². The summed E-state index contributed by atoms with van der Waals surface area (Å²) in [7, 11) is 0. The lowest BCUT2D eigenvalue weighted by atomic mass is 10.1. The van der Waals surface area contributed by atoms with Crippen molar-refractivity contribution in [3.05, 3.63) is 73.5 Å². The monoisotopic (exact) mass is 379 g/mol. The Labute approximate surface area is 151 Å². The third-order valence-corrected chi connectivity index (χ3v) is 3.60. The topological polar surface area (TPSA) is 96.0 Å². The number of halogens is 3. The minimum atomic E-state index is -0.937. The number of nitrogens with one attached hydrogen (secondary N) is 1. The first-order chi connectivity index (χ1) is 11.8. The van der Waals surface area contributed by atoms with E-state index in [0.29, 0.717) is 10.6 Å². The number of carbonyl (C=O) groups excluding carboxylic acids is 1. The molecule has 0 heterocycles. The third-order valence-electron chi connectivity index (χ3n) is 3.04. The van der Waals surface area contributed by atoms with E-state index < -0.39 is 28.0 Å². The minimum absolute atomic E-state index is 0.217. The number of nitriles is 1. The average Bonchev–Trinajstić information content (AvgIpc) is 2.55. The molecule has 0 saturated heterocycles. The number of nitro benzene ring substituents is 1. The molecule has 1 amide bonds. The lowest BCUT2D eigenvalue weighted by molar-refractivity contribution is -0.384. The van der Waals surface area contributed by atoms with Crippen LogP contribution in [0.25, 0.3) is 6.08 Å². The van der Waals surface area contributed by atoms with Gasteiger partial charge < -0.3 is 5.32 Å². The largest absolute Gasteiger partial charge is 0.319 e. The summed E-state index contributed by atoms with van der Waals surface area (Å²) in [6.45, 7) is 0. The highest BCUT2D eigenvalue weighted by molar-refractivity contribution is 6.35. The molecule has 0 atom stereocenters. The van der Waals surface area contributed by atoms with Crippen LogP contribution in [0.2, 0.25) is 10.0 Å². The van der Waals surface area contributed by atoms with Crippen molar-refractivity contribution in [2.75, 3.05) is 5.32 Å². The van der Waals surface area contributed by atoms with Gasteiger partial charge in [0.25, 0.3) is 11.6 Å². The predicted octanol–water partition coefficient (Wildman–Crippen LogP) is 4.59. The van der Waals surface area contributed by atoms with Crippen molar-refractivity contribution in [2.24, 2.45) is 0 Å². The van der Waals surface area contributed by atoms with Crippen LogP contribution < -0.4 is 5.32 Å². The van der Waals surface area contributed by atoms with Crippen molar-refractivity contribution < 1.29 is 14.1 Å². The Kier molecular flexibility index (Phi) is 5.70. The summed E-state index contributed by atoms with van der Waals surface area (Å²) in [6, 6.07) is 8.79. The van der Waals surface area contributed by atoms with Gasteiger partial charge in [0.2, 0.25) is 0 Å². The molecular formula is C16H8Cl2FN3O3. The summed E-state index contributed by atoms with van der Waals surface area (Å²) in [5.41, 5.74) is -0.824. The molecule has 6 nitrogen and oxygen atoms in total. The Morgan fingerprint density at radius 2 is 2.00 bits per heavy atom. The molecule has 2 rings (SSSR count). The molecular weight excluding hydrogens is 372 g/mol. The van der Waals surface area contributed by atoms with E-state index in [2.05, 4.69) is 5.32 Å². The lowest BCUT2D eigenvalue weighted by Crippen LogP contribution is -2.14. The molecule has 0 aromatic heterocycles. The van der Waals surface area contributed by atoms with Gasteiger partial charge in [0, 0.05) is 22.2 Å². The lowest BCUT2D eigenvalue weighted by Gasteiger charge is -2.06. The van der Waals surface area contributed by atoms with Gasteiger partial charge >= 0.3 is 0 Å². The van der Waals surface area contributed by atoms with E-state index in [-0.39, 0.29) is 10.6 Å². The second kappa shape index (κ2) is 7.75. The first-order valence-electron chi connectivity index (χ1n) is 6.64. The van der Waals surface area contributed by atoms with Crippen molar-refractivity contribution in [1.82, 2.24) is 0 Å². The standard InChI is InChI=1S/C16H8Cl2FN3O3/c17-11-2-1-9(13(18)6-11)5-10(8-20)16(23)21-15-7-12(22(24)25)3-4-14(15)19/h1-7H,(H,21,23)/b10-5-. The number of rotatable bonds is 4. The molecule has 0 unspecified atom stereocenters. The molecule has 0 spiro atoms. The van der Waals surface area contributed by atoms with Crippen LogP contribution in [0.1, 0.15) is 5.56 Å². The number of hydrogen-bond donors (Lipinski definition) is 1. The van der Waals surface area contributed by atoms with Crippen molar-refractivity contribution in [3.8, 4) is 6.07 Å². The van der Waals surface area contributed by atoms with E-state index in [0.717, 1.165) is 18.2 Å². The molecule has 2 aromatic carbocycles. The molecule has 126 valence electrons. The number of amides is 1. The van der Waals surface area contributed by atoms with E-state index in [9.17, 15) is 19.3 Å². The highest BCUT2D eigenvalue weighted by Crippen LogP contribution is 2.24. The van der Waals surface area contributed by atoms with Crippen molar-refractivity contribution in [3.63, 3.8) is 0 Å². The Morgan fingerprint density at radius 3 is 2.60 bits per heavy atom. The number of benzene rings is 2. The van der Waals surface area contributed by atoms with E-state index in [1.165, 1.54) is 24.3 Å². The SMILES string of the molecule is N#C/C(=C/c1ccc(Cl)cc1Cl)C(=O)Nc1cc([N+](=O)[O-])ccc1F. The Hall–Kier alpha value is -2.95. The van der Waals surface area contributed by atoms with Gasteiger partial charge in [0.1, 0.15) is 17.5 Å². The number of carbonyl (C=O) groups is 1. The second-order valence-corrected chi connectivity index (χ2v) is 5.55. The second-order valence-electron chi connectivity index (χ2n) is 4.71. The van der Waals surface area contributed by atoms with Crippen LogP contribution in [-0.2, 0) is 4.79 Å². The zero-order valence-electron chi connectivity index (χ0n) is 12.3. The fourth-order valence-corrected chi connectivity index (χ4v) is 2.30. The summed E-state index contributed by atoms with van der Waals surface area (Å²) in [5, 5.41) is 22.6. The fourth-order valence-electron chi connectivity index (χ4n) is 1.83. The molecule has 2 aromatic rings. The number of anilines is 1. The van der Waals surface area contributed by atoms with Crippen LogP contribution in [0.4, 0.5) is 15.8 Å². The fraction of sp³-hybridized carbons (Fsp3) is 0. The van der Waals surface area contributed by atoms with Crippen LogP contribution in [0.15, 0.2) is 42.0 Å². The summed E-state index contributed by atoms with van der Waals surface area (Å²) in [4.78, 5) is 22.1. The maximum absolute atomic E-state index is 13.7. The van der Waals surface area contributed by atoms with Crippen molar-refractivity contribution in [1.29, 1.82) is 5.26 Å².